The van der Waals surface area contributed by atoms with E-state index in [1.807, 2.05) is 4.72 Å². The normalized spacial score (nSPS) is 16.7. The Morgan fingerprint density at radius 1 is 1.02 bits per heavy atom. The Balaban J connectivity index is 1.59. The fraction of sp³-hybridized carbons (Fsp3) is 0.222. The fourth-order valence-electron chi connectivity index (χ4n) is 4.84. The Kier molecular flexibility index (Phi) is 6.95. The van der Waals surface area contributed by atoms with Crippen LogP contribution in [0, 0.1) is 37.1 Å². The molecule has 1 N–H and O–H groups in total. The van der Waals surface area contributed by atoms with Crippen molar-refractivity contribution in [3.8, 4) is 16.9 Å². The van der Waals surface area contributed by atoms with Gasteiger partial charge in [0.1, 0.15) is 22.4 Å². The smallest absolute Gasteiger partial charge is 0.274 e. The highest BCUT2D eigenvalue weighted by atomic mass is 35.5. The summed E-state index contributed by atoms with van der Waals surface area (Å²) in [6.45, 7) is 3.08. The van der Waals surface area contributed by atoms with Gasteiger partial charge in [0.25, 0.3) is 5.56 Å². The summed E-state index contributed by atoms with van der Waals surface area (Å²) >= 11 is 6.47. The molecule has 0 aliphatic heterocycles. The number of nitrogens with one attached hydrogen (secondary N) is 1. The van der Waals surface area contributed by atoms with Crippen molar-refractivity contribution in [2.45, 2.75) is 32.1 Å². The van der Waals surface area contributed by atoms with Crippen LogP contribution in [-0.4, -0.2) is 29.2 Å². The van der Waals surface area contributed by atoms with Crippen LogP contribution in [0.5, 0.6) is 0 Å². The minimum Gasteiger partial charge on any atom is -0.281 e. The molecule has 13 heteroatoms. The van der Waals surface area contributed by atoms with Gasteiger partial charge in [-0.3, -0.25) is 24.1 Å². The Hall–Kier alpha value is -3.77. The average molecular weight is 593 g/mol. The van der Waals surface area contributed by atoms with Crippen LogP contribution in [0.15, 0.2) is 47.5 Å². The highest BCUT2D eigenvalue weighted by molar-refractivity contribution is 7.92. The molecule has 0 saturated heterocycles. The first-order valence-electron chi connectivity index (χ1n) is 11.9. The second kappa shape index (κ2) is 10.0. The summed E-state index contributed by atoms with van der Waals surface area (Å²) in [5.41, 5.74) is -1.07. The van der Waals surface area contributed by atoms with Crippen molar-refractivity contribution < 1.29 is 26.0 Å². The number of aryl methyl sites for hydroxylation is 2. The molecule has 0 amide bonds. The number of rotatable bonds is 6. The molecule has 1 aliphatic rings. The molecule has 1 aromatic carbocycles. The van der Waals surface area contributed by atoms with Crippen molar-refractivity contribution in [2.24, 2.45) is 0 Å². The second-order valence-corrected chi connectivity index (χ2v) is 11.8. The third-order valence-corrected chi connectivity index (χ3v) is 7.66. The number of pyridine rings is 3. The zero-order valence-electron chi connectivity index (χ0n) is 21.3. The van der Waals surface area contributed by atoms with Crippen molar-refractivity contribution in [2.75, 3.05) is 11.0 Å². The third-order valence-electron chi connectivity index (χ3n) is 6.69. The van der Waals surface area contributed by atoms with Gasteiger partial charge in [-0.2, -0.15) is 0 Å². The number of hydrogen-bond donors (Lipinski definition) is 1. The number of hydrogen-bond acceptors (Lipinski definition) is 5. The van der Waals surface area contributed by atoms with E-state index in [1.54, 1.807) is 13.0 Å². The van der Waals surface area contributed by atoms with Crippen LogP contribution >= 0.6 is 11.6 Å². The van der Waals surface area contributed by atoms with Gasteiger partial charge in [0.05, 0.1) is 29.5 Å². The lowest BCUT2D eigenvalue weighted by atomic mass is 10.0. The molecular weight excluding hydrogens is 572 g/mol. The van der Waals surface area contributed by atoms with Gasteiger partial charge in [-0.05, 0) is 55.5 Å². The molecule has 7 nitrogen and oxygen atoms in total. The molecule has 0 unspecified atom stereocenters. The molecule has 4 aromatic rings. The maximum atomic E-state index is 16.0. The van der Waals surface area contributed by atoms with Crippen molar-refractivity contribution >= 4 is 27.3 Å². The highest BCUT2D eigenvalue weighted by Crippen LogP contribution is 2.55. The van der Waals surface area contributed by atoms with Crippen LogP contribution in [0.3, 0.4) is 0 Å². The van der Waals surface area contributed by atoms with Crippen molar-refractivity contribution in [1.29, 1.82) is 0 Å². The number of sulfonamides is 1. The van der Waals surface area contributed by atoms with E-state index in [4.69, 9.17) is 11.6 Å². The standard InChI is InChI=1S/C27H21ClF4N4O3S/c1-12-10-33-25(15-5-4-6-20(22(15)31)35-40(3,38)39)23(32)26(12)36-13(2)7-17(21(28)27(36)37)16-9-18(16)24-19(30)8-14(29)11-34-24/h4-8,10-11,16,18,35H,9H2,1-3H3/t16-,18+/m1/s1. The average Bonchev–Trinajstić information content (AvgIpc) is 3.64. The van der Waals surface area contributed by atoms with Crippen molar-refractivity contribution in [1.82, 2.24) is 14.5 Å². The van der Waals surface area contributed by atoms with Crippen molar-refractivity contribution in [3.05, 3.63) is 104 Å². The fourth-order valence-corrected chi connectivity index (χ4v) is 5.68. The molecule has 208 valence electrons. The summed E-state index contributed by atoms with van der Waals surface area (Å²) in [7, 11) is -3.82. The summed E-state index contributed by atoms with van der Waals surface area (Å²) in [5.74, 6) is -4.42. The lowest BCUT2D eigenvalue weighted by Crippen LogP contribution is -2.24. The molecule has 3 aromatic heterocycles. The summed E-state index contributed by atoms with van der Waals surface area (Å²) in [6, 6.07) is 6.07. The molecular formula is C27H21ClF4N4O3S. The van der Waals surface area contributed by atoms with E-state index in [2.05, 4.69) is 9.97 Å². The topological polar surface area (TPSA) is 93.9 Å². The predicted molar refractivity (Wildman–Crippen MR) is 142 cm³/mol. The lowest BCUT2D eigenvalue weighted by Gasteiger charge is -2.18. The molecule has 0 radical (unpaired) electrons. The second-order valence-electron chi connectivity index (χ2n) is 9.66. The minimum atomic E-state index is -3.82. The number of aromatic nitrogens is 3. The van der Waals surface area contributed by atoms with Gasteiger partial charge in [0, 0.05) is 29.4 Å². The SMILES string of the molecule is Cc1cnc(-c2cccc(NS(C)(=O)=O)c2F)c(F)c1-n1c(C)cc([C@H]2C[C@@H]2c2ncc(F)cc2F)c(Cl)c1=O. The van der Waals surface area contributed by atoms with Gasteiger partial charge < -0.3 is 0 Å². The zero-order valence-corrected chi connectivity index (χ0v) is 22.8. The van der Waals surface area contributed by atoms with E-state index >= 15 is 8.78 Å². The highest BCUT2D eigenvalue weighted by Gasteiger charge is 2.44. The van der Waals surface area contributed by atoms with Crippen LogP contribution in [0.1, 0.15) is 40.8 Å². The molecule has 2 atom stereocenters. The molecule has 5 rings (SSSR count). The minimum absolute atomic E-state index is 0.0691. The maximum absolute atomic E-state index is 16.0. The first kappa shape index (κ1) is 27.8. The summed E-state index contributed by atoms with van der Waals surface area (Å²) in [6.07, 6.45) is 3.46. The largest absolute Gasteiger partial charge is 0.281 e. The van der Waals surface area contributed by atoms with E-state index in [0.29, 0.717) is 17.7 Å². The number of halogens is 5. The van der Waals surface area contributed by atoms with Crippen molar-refractivity contribution in [3.63, 3.8) is 0 Å². The molecule has 40 heavy (non-hydrogen) atoms. The van der Waals surface area contributed by atoms with Gasteiger partial charge in [0.2, 0.25) is 10.0 Å². The maximum Gasteiger partial charge on any atom is 0.274 e. The van der Waals surface area contributed by atoms with Gasteiger partial charge in [-0.25, -0.2) is 26.0 Å². The monoisotopic (exact) mass is 592 g/mol. The van der Waals surface area contributed by atoms with Gasteiger partial charge in [-0.1, -0.05) is 17.7 Å². The Morgan fingerprint density at radius 3 is 2.42 bits per heavy atom. The summed E-state index contributed by atoms with van der Waals surface area (Å²) in [5, 5.41) is -0.205. The Morgan fingerprint density at radius 2 is 1.75 bits per heavy atom. The number of nitrogens with zero attached hydrogens (tertiary/aromatic N) is 3. The first-order valence-corrected chi connectivity index (χ1v) is 14.2. The first-order chi connectivity index (χ1) is 18.8. The van der Waals surface area contributed by atoms with E-state index in [9.17, 15) is 22.0 Å². The molecule has 1 fully saturated rings. The van der Waals surface area contributed by atoms with Crippen LogP contribution in [-0.2, 0) is 10.0 Å². The van der Waals surface area contributed by atoms with Crippen LogP contribution in [0.4, 0.5) is 23.2 Å². The van der Waals surface area contributed by atoms with Crippen LogP contribution in [0.2, 0.25) is 5.02 Å². The lowest BCUT2D eigenvalue weighted by molar-refractivity contribution is 0.557. The molecule has 0 bridgehead atoms. The Bertz CT molecular complexity index is 1860. The van der Waals surface area contributed by atoms with E-state index in [-0.39, 0.29) is 33.4 Å². The quantitative estimate of drug-likeness (QED) is 0.287. The Labute approximate surface area is 231 Å². The van der Waals surface area contributed by atoms with Crippen LogP contribution in [0.25, 0.3) is 16.9 Å². The molecule has 0 spiro atoms. The third kappa shape index (κ3) is 4.97. The number of anilines is 1. The van der Waals surface area contributed by atoms with Gasteiger partial charge in [-0.15, -0.1) is 0 Å². The summed E-state index contributed by atoms with van der Waals surface area (Å²) in [4.78, 5) is 21.3. The molecule has 1 aliphatic carbocycles. The molecule has 1 saturated carbocycles. The van der Waals surface area contributed by atoms with Crippen LogP contribution < -0.4 is 10.3 Å². The van der Waals surface area contributed by atoms with E-state index < -0.39 is 56.2 Å². The van der Waals surface area contributed by atoms with Gasteiger partial charge in [0.15, 0.2) is 11.6 Å². The zero-order chi connectivity index (χ0) is 29.1. The van der Waals surface area contributed by atoms with Gasteiger partial charge >= 0.3 is 0 Å². The summed E-state index contributed by atoms with van der Waals surface area (Å²) < 4.78 is 85.1. The predicted octanol–water partition coefficient (Wildman–Crippen LogP) is 5.76. The molecule has 3 heterocycles. The number of benzene rings is 1. The van der Waals surface area contributed by atoms with E-state index in [1.165, 1.54) is 31.3 Å². The van der Waals surface area contributed by atoms with E-state index in [0.717, 1.165) is 23.1 Å².